The van der Waals surface area contributed by atoms with Crippen molar-refractivity contribution in [3.05, 3.63) is 54.6 Å². The third-order valence-corrected chi connectivity index (χ3v) is 14.8. The van der Waals surface area contributed by atoms with E-state index in [0.717, 1.165) is 44.9 Å². The van der Waals surface area contributed by atoms with Gasteiger partial charge >= 0.3 is 12.1 Å². The number of amides is 4. The molecule has 316 valence electrons. The van der Waals surface area contributed by atoms with E-state index in [1.165, 1.54) is 17.9 Å². The average molecular weight is 832 g/mol. The van der Waals surface area contributed by atoms with Gasteiger partial charge in [0, 0.05) is 24.6 Å². The summed E-state index contributed by atoms with van der Waals surface area (Å²) in [5.41, 5.74) is -0.535. The van der Waals surface area contributed by atoms with Crippen LogP contribution >= 0.6 is 0 Å². The molecule has 8 rings (SSSR count). The number of sulfonamides is 1. The van der Waals surface area contributed by atoms with Crippen LogP contribution in [0, 0.1) is 17.8 Å². The van der Waals surface area contributed by atoms with Crippen LogP contribution in [0.15, 0.2) is 49.1 Å². The second-order valence-corrected chi connectivity index (χ2v) is 19.0. The maximum atomic E-state index is 14.9. The molecule has 1 aromatic heterocycles. The second kappa shape index (κ2) is 16.6. The molecule has 4 saturated carbocycles. The Morgan fingerprint density at radius 1 is 1.00 bits per heavy atom. The van der Waals surface area contributed by atoms with Crippen molar-refractivity contribution in [1.29, 1.82) is 0 Å². The Hall–Kier alpha value is -4.99. The Bertz CT molecular complexity index is 2170. The van der Waals surface area contributed by atoms with Crippen molar-refractivity contribution in [2.45, 2.75) is 132 Å². The van der Waals surface area contributed by atoms with Crippen LogP contribution in [0.2, 0.25) is 0 Å². The lowest BCUT2D eigenvalue weighted by atomic mass is 9.96. The Kier molecular flexibility index (Phi) is 11.5. The number of rotatable bonds is 8. The van der Waals surface area contributed by atoms with E-state index in [0.29, 0.717) is 54.3 Å². The lowest BCUT2D eigenvalue weighted by Crippen LogP contribution is -2.59. The first-order valence-corrected chi connectivity index (χ1v) is 22.6. The van der Waals surface area contributed by atoms with E-state index in [-0.39, 0.29) is 43.2 Å². The first-order valence-electron chi connectivity index (χ1n) is 21.1. The van der Waals surface area contributed by atoms with Gasteiger partial charge in [-0.2, -0.15) is 0 Å². The molecule has 1 aromatic carbocycles. The van der Waals surface area contributed by atoms with Crippen molar-refractivity contribution in [2.75, 3.05) is 6.54 Å². The molecule has 2 bridgehead atoms. The third-order valence-electron chi connectivity index (χ3n) is 13.0. The summed E-state index contributed by atoms with van der Waals surface area (Å²) in [4.78, 5) is 75.6. The zero-order valence-corrected chi connectivity index (χ0v) is 34.2. The first-order chi connectivity index (χ1) is 28.4. The van der Waals surface area contributed by atoms with Crippen LogP contribution in [0.1, 0.15) is 96.0 Å². The van der Waals surface area contributed by atoms with Crippen molar-refractivity contribution in [2.24, 2.45) is 17.8 Å². The summed E-state index contributed by atoms with van der Waals surface area (Å²) in [6, 6.07) is 5.07. The quantitative estimate of drug-likeness (QED) is 0.250. The Labute approximate surface area is 344 Å². The number of carbonyl (C=O) groups is 5. The average Bonchev–Trinajstić information content (AvgIpc) is 3.99. The highest BCUT2D eigenvalue weighted by atomic mass is 32.2. The number of hydrogen-bond donors (Lipinski definition) is 3. The number of nitrogens with one attached hydrogen (secondary N) is 3. The molecule has 4 amide bonds. The van der Waals surface area contributed by atoms with Crippen LogP contribution in [0.4, 0.5) is 4.79 Å². The van der Waals surface area contributed by atoms with E-state index >= 15 is 0 Å². The van der Waals surface area contributed by atoms with Gasteiger partial charge < -0.3 is 29.7 Å². The summed E-state index contributed by atoms with van der Waals surface area (Å²) in [7, 11) is -3.93. The Balaban J connectivity index is 1.17. The van der Waals surface area contributed by atoms with Gasteiger partial charge in [0.15, 0.2) is 0 Å². The van der Waals surface area contributed by atoms with E-state index < -0.39 is 74.7 Å². The molecule has 7 atom stereocenters. The summed E-state index contributed by atoms with van der Waals surface area (Å²) in [5.74, 6) is -2.63. The maximum Gasteiger partial charge on any atom is 0.408 e. The highest BCUT2D eigenvalue weighted by molar-refractivity contribution is 7.91. The van der Waals surface area contributed by atoms with E-state index in [1.807, 2.05) is 24.3 Å². The highest BCUT2D eigenvalue weighted by Gasteiger charge is 2.62. The molecule has 16 heteroatoms. The van der Waals surface area contributed by atoms with Crippen molar-refractivity contribution in [1.82, 2.24) is 25.2 Å². The van der Waals surface area contributed by atoms with Gasteiger partial charge in [-0.3, -0.25) is 23.9 Å². The van der Waals surface area contributed by atoms with Gasteiger partial charge in [-0.05, 0) is 94.6 Å². The number of esters is 1. The standard InChI is InChI=1S/C43H53N5O10S/c1-3-28-23-43(28,41(52)47-59(54,55)30-20-21-30)46-38(50)34-22-29-24-48(34)40(51)36(27-13-7-8-14-27)45-42(53)58-35-19-11-15-26(35)12-5-4-6-17-32-37(56-25(2)49)31-16-9-10-18-33(31)44-39(32)57-29/h3-4,6,9-10,16,18,26-30,34-36H,1,5,7-8,11-15,17,19-24H2,2H3,(H,45,53)(H,46,50)(H,47,52)/b6-4-/t26-,28-,29-,34+,35-,36+,43-/m1/s1. The highest BCUT2D eigenvalue weighted by Crippen LogP contribution is 2.46. The van der Waals surface area contributed by atoms with Crippen LogP contribution in [0.25, 0.3) is 10.9 Å². The lowest BCUT2D eigenvalue weighted by Gasteiger charge is -2.32. The van der Waals surface area contributed by atoms with Crippen LogP contribution in [0.5, 0.6) is 11.6 Å². The van der Waals surface area contributed by atoms with Crippen molar-refractivity contribution >= 4 is 50.7 Å². The Morgan fingerprint density at radius 3 is 2.49 bits per heavy atom. The van der Waals surface area contributed by atoms with Crippen molar-refractivity contribution in [3.8, 4) is 11.6 Å². The maximum absolute atomic E-state index is 14.9. The monoisotopic (exact) mass is 831 g/mol. The molecule has 3 heterocycles. The van der Waals surface area contributed by atoms with Gasteiger partial charge in [0.05, 0.1) is 22.9 Å². The molecular formula is C43H53N5O10S. The third kappa shape index (κ3) is 8.55. The molecule has 59 heavy (non-hydrogen) atoms. The van der Waals surface area contributed by atoms with Crippen molar-refractivity contribution in [3.63, 3.8) is 0 Å². The summed E-state index contributed by atoms with van der Waals surface area (Å²) in [6.07, 6.45) is 12.3. The summed E-state index contributed by atoms with van der Waals surface area (Å²) in [5, 5.41) is 5.72. The first kappa shape index (κ1) is 40.8. The van der Waals surface area contributed by atoms with Crippen LogP contribution in [0.3, 0.4) is 0 Å². The van der Waals surface area contributed by atoms with E-state index in [2.05, 4.69) is 28.0 Å². The number of pyridine rings is 1. The van der Waals surface area contributed by atoms with Crippen LogP contribution in [-0.4, -0.2) is 89.7 Å². The van der Waals surface area contributed by atoms with Crippen LogP contribution in [-0.2, 0) is 40.4 Å². The molecule has 0 radical (unpaired) electrons. The Morgan fingerprint density at radius 2 is 1.76 bits per heavy atom. The number of aromatic nitrogens is 1. The van der Waals surface area contributed by atoms with Gasteiger partial charge in [0.1, 0.15) is 35.6 Å². The SMILES string of the molecule is C=C[C@@H]1C[C@]1(NC(=O)[C@@H]1C[C@@H]2CN1C(=O)[C@H](C1CCCC1)NC(=O)O[C@@H]1CCC[C@H]1CC/C=C\Cc1c(nc3ccccc3c1OC(C)=O)O2)C(=O)NS(=O)(=O)C1CC1. The summed E-state index contributed by atoms with van der Waals surface area (Å²) in [6.45, 7) is 5.06. The number of para-hydroxylation sites is 1. The number of carbonyl (C=O) groups excluding carboxylic acids is 5. The minimum Gasteiger partial charge on any atom is -0.472 e. The van der Waals surface area contributed by atoms with Gasteiger partial charge in [-0.1, -0.05) is 43.2 Å². The number of ether oxygens (including phenoxy) is 3. The van der Waals surface area contributed by atoms with E-state index in [1.54, 1.807) is 6.07 Å². The second-order valence-electron chi connectivity index (χ2n) is 17.1. The molecule has 6 aliphatic rings. The molecule has 0 unspecified atom stereocenters. The van der Waals surface area contributed by atoms with Gasteiger partial charge in [-0.25, -0.2) is 18.2 Å². The van der Waals surface area contributed by atoms with E-state index in [4.69, 9.17) is 19.2 Å². The molecule has 4 aliphatic carbocycles. The summed E-state index contributed by atoms with van der Waals surface area (Å²) < 4.78 is 46.4. The van der Waals surface area contributed by atoms with Crippen LogP contribution < -0.4 is 24.8 Å². The predicted octanol–water partition coefficient (Wildman–Crippen LogP) is 4.52. The fraction of sp³-hybridized carbons (Fsp3) is 0.581. The fourth-order valence-electron chi connectivity index (χ4n) is 9.56. The molecule has 2 aromatic rings. The molecule has 2 aliphatic heterocycles. The normalized spacial score (nSPS) is 30.7. The largest absolute Gasteiger partial charge is 0.472 e. The molecule has 15 nitrogen and oxygen atoms in total. The zero-order valence-electron chi connectivity index (χ0n) is 33.4. The zero-order chi connectivity index (χ0) is 41.5. The molecule has 5 fully saturated rings. The topological polar surface area (TPSA) is 199 Å². The number of fused-ring (bicyclic) bond motifs is 5. The number of hydrogen-bond acceptors (Lipinski definition) is 11. The molecular weight excluding hydrogens is 779 g/mol. The predicted molar refractivity (Wildman–Crippen MR) is 215 cm³/mol. The fourth-order valence-corrected chi connectivity index (χ4v) is 10.9. The number of nitrogens with zero attached hydrogens (tertiary/aromatic N) is 2. The molecule has 0 spiro atoms. The number of alkyl carbamates (subject to hydrolysis) is 1. The molecule has 3 N–H and O–H groups in total. The van der Waals surface area contributed by atoms with Gasteiger partial charge in [-0.15, -0.1) is 6.58 Å². The summed E-state index contributed by atoms with van der Waals surface area (Å²) >= 11 is 0. The number of allylic oxidation sites excluding steroid dienone is 2. The number of benzene rings is 1. The van der Waals surface area contributed by atoms with E-state index in [9.17, 15) is 32.4 Å². The minimum atomic E-state index is -3.93. The molecule has 1 saturated heterocycles. The van der Waals surface area contributed by atoms with Gasteiger partial charge in [0.25, 0.3) is 5.91 Å². The lowest BCUT2D eigenvalue weighted by molar-refractivity contribution is -0.142. The minimum absolute atomic E-state index is 0.0212. The van der Waals surface area contributed by atoms with Crippen molar-refractivity contribution < 1.29 is 46.6 Å². The smallest absolute Gasteiger partial charge is 0.408 e. The van der Waals surface area contributed by atoms with Gasteiger partial charge in [0.2, 0.25) is 27.7 Å².